The van der Waals surface area contributed by atoms with Gasteiger partial charge in [0, 0.05) is 11.3 Å². The first kappa shape index (κ1) is 32.7. The number of carbonyl (C=O) groups excluding carboxylic acids is 2. The van der Waals surface area contributed by atoms with E-state index in [4.69, 9.17) is 4.74 Å². The van der Waals surface area contributed by atoms with E-state index in [1.807, 2.05) is 77.4 Å². The van der Waals surface area contributed by atoms with E-state index in [0.29, 0.717) is 27.5 Å². The summed E-state index contributed by atoms with van der Waals surface area (Å²) < 4.78 is 8.54. The van der Waals surface area contributed by atoms with Crippen molar-refractivity contribution in [3.05, 3.63) is 113 Å². The number of rotatable bonds is 13. The second-order valence-electron chi connectivity index (χ2n) is 10.2. The fraction of sp³-hybridized carbons (Fsp3) is 0.121. The fourth-order valence-corrected chi connectivity index (χ4v) is 7.33. The molecule has 0 radical (unpaired) electrons. The number of nitro benzene ring substituents is 1. The predicted octanol–water partition coefficient (Wildman–Crippen LogP) is 6.98. The molecule has 0 aliphatic rings. The normalized spacial score (nSPS) is 10.9. The van der Waals surface area contributed by atoms with Gasteiger partial charge in [-0.05, 0) is 35.9 Å². The van der Waals surface area contributed by atoms with Crippen molar-refractivity contribution in [3.63, 3.8) is 0 Å². The highest BCUT2D eigenvalue weighted by Gasteiger charge is 2.19. The number of anilines is 2. The molecular weight excluding hydrogens is 671 g/mol. The number of fused-ring (bicyclic) bond motifs is 1. The number of hydrogen-bond donors (Lipinski definition) is 2. The Morgan fingerprint density at radius 2 is 1.62 bits per heavy atom. The minimum Gasteiger partial charge on any atom is -0.496 e. The Morgan fingerprint density at radius 1 is 0.896 bits per heavy atom. The van der Waals surface area contributed by atoms with Crippen LogP contribution in [0.2, 0.25) is 0 Å². The molecule has 0 fully saturated rings. The molecule has 6 rings (SSSR count). The monoisotopic (exact) mass is 697 g/mol. The van der Waals surface area contributed by atoms with Crippen molar-refractivity contribution in [1.82, 2.24) is 19.7 Å². The number of ether oxygens (including phenoxy) is 1. The second-order valence-corrected chi connectivity index (χ2v) is 13.4. The van der Waals surface area contributed by atoms with Crippen LogP contribution in [-0.4, -0.2) is 55.1 Å². The quantitative estimate of drug-likeness (QED) is 0.0734. The van der Waals surface area contributed by atoms with E-state index in [-0.39, 0.29) is 28.8 Å². The average molecular weight is 698 g/mol. The lowest BCUT2D eigenvalue weighted by molar-refractivity contribution is -0.384. The van der Waals surface area contributed by atoms with Crippen molar-refractivity contribution in [1.29, 1.82) is 0 Å². The van der Waals surface area contributed by atoms with E-state index >= 15 is 0 Å². The summed E-state index contributed by atoms with van der Waals surface area (Å²) in [6.07, 6.45) is 0. The third-order valence-electron chi connectivity index (χ3n) is 6.92. The number of nitro groups is 1. The van der Waals surface area contributed by atoms with Crippen molar-refractivity contribution in [3.8, 4) is 17.1 Å². The van der Waals surface area contributed by atoms with E-state index in [1.54, 1.807) is 6.07 Å². The zero-order valence-electron chi connectivity index (χ0n) is 25.4. The Kier molecular flexibility index (Phi) is 10.3. The highest BCUT2D eigenvalue weighted by molar-refractivity contribution is 8.01. The summed E-state index contributed by atoms with van der Waals surface area (Å²) in [5.41, 5.74) is 3.21. The molecule has 0 atom stereocenters. The Morgan fingerprint density at radius 3 is 2.38 bits per heavy atom. The minimum absolute atomic E-state index is 0.00466. The van der Waals surface area contributed by atoms with Crippen LogP contribution in [0.25, 0.3) is 21.6 Å². The summed E-state index contributed by atoms with van der Waals surface area (Å²) in [7, 11) is 1.41. The van der Waals surface area contributed by atoms with Gasteiger partial charge in [0.05, 0.1) is 46.4 Å². The highest BCUT2D eigenvalue weighted by Crippen LogP contribution is 2.33. The van der Waals surface area contributed by atoms with E-state index in [0.717, 1.165) is 27.2 Å². The van der Waals surface area contributed by atoms with Gasteiger partial charge in [0.15, 0.2) is 15.3 Å². The summed E-state index contributed by atoms with van der Waals surface area (Å²) >= 11 is 3.91. The number of benzene rings is 4. The van der Waals surface area contributed by atoms with Crippen LogP contribution in [0.1, 0.15) is 5.56 Å². The van der Waals surface area contributed by atoms with Gasteiger partial charge in [-0.15, -0.1) is 21.5 Å². The molecule has 4 aromatic carbocycles. The van der Waals surface area contributed by atoms with Crippen LogP contribution in [-0.2, 0) is 16.1 Å². The molecule has 2 aromatic heterocycles. The number of carbonyl (C=O) groups is 2. The van der Waals surface area contributed by atoms with E-state index in [9.17, 15) is 19.7 Å². The third-order valence-corrected chi connectivity index (χ3v) is 10.0. The SMILES string of the molecule is COc1ccc(NC(=O)CSc2nc3ccc(NC(=O)CSc4nnc(-c5ccccc5)n4Cc4ccccc4)cc3s2)c([N+](=O)[O-])c1. The zero-order chi connectivity index (χ0) is 33.5. The van der Waals surface area contributed by atoms with Gasteiger partial charge in [0.25, 0.3) is 5.69 Å². The van der Waals surface area contributed by atoms with Gasteiger partial charge in [-0.1, -0.05) is 84.2 Å². The first-order valence-corrected chi connectivity index (χ1v) is 17.3. The molecule has 2 heterocycles. The summed E-state index contributed by atoms with van der Waals surface area (Å²) in [4.78, 5) is 41.0. The maximum Gasteiger partial charge on any atom is 0.296 e. The number of aromatic nitrogens is 4. The Balaban J connectivity index is 1.07. The number of amides is 2. The van der Waals surface area contributed by atoms with E-state index in [2.05, 4.69) is 25.8 Å². The number of thiazole rings is 1. The topological polar surface area (TPSA) is 154 Å². The van der Waals surface area contributed by atoms with Gasteiger partial charge < -0.3 is 15.4 Å². The van der Waals surface area contributed by atoms with Crippen molar-refractivity contribution >= 4 is 74.0 Å². The van der Waals surface area contributed by atoms with Crippen LogP contribution >= 0.6 is 34.9 Å². The highest BCUT2D eigenvalue weighted by atomic mass is 32.2. The molecule has 242 valence electrons. The molecule has 15 heteroatoms. The first-order chi connectivity index (χ1) is 23.4. The van der Waals surface area contributed by atoms with Gasteiger partial charge in [0.1, 0.15) is 11.4 Å². The Bertz CT molecular complexity index is 2090. The van der Waals surface area contributed by atoms with E-state index < -0.39 is 10.8 Å². The molecule has 6 aromatic rings. The molecule has 2 N–H and O–H groups in total. The lowest BCUT2D eigenvalue weighted by atomic mass is 10.2. The van der Waals surface area contributed by atoms with Crippen molar-refractivity contribution in [2.24, 2.45) is 0 Å². The molecule has 12 nitrogen and oxygen atoms in total. The summed E-state index contributed by atoms with van der Waals surface area (Å²) in [5, 5.41) is 26.4. The number of methoxy groups -OCH3 is 1. The largest absolute Gasteiger partial charge is 0.496 e. The molecule has 0 aliphatic heterocycles. The van der Waals surface area contributed by atoms with Crippen LogP contribution in [0, 0.1) is 10.1 Å². The molecule has 0 saturated heterocycles. The maximum atomic E-state index is 13.0. The van der Waals surface area contributed by atoms with Gasteiger partial charge in [0.2, 0.25) is 11.8 Å². The molecule has 0 aliphatic carbocycles. The fourth-order valence-electron chi connectivity index (χ4n) is 4.68. The number of hydrogen-bond acceptors (Lipinski definition) is 11. The minimum atomic E-state index is -0.576. The molecule has 0 unspecified atom stereocenters. The Labute approximate surface area is 287 Å². The summed E-state index contributed by atoms with van der Waals surface area (Å²) in [6, 6.07) is 29.5. The summed E-state index contributed by atoms with van der Waals surface area (Å²) in [5.74, 6) is 0.576. The zero-order valence-corrected chi connectivity index (χ0v) is 27.8. The molecule has 0 saturated carbocycles. The first-order valence-electron chi connectivity index (χ1n) is 14.5. The predicted molar refractivity (Wildman–Crippen MR) is 189 cm³/mol. The molecular formula is C33H27N7O5S3. The van der Waals surface area contributed by atoms with Crippen LogP contribution in [0.4, 0.5) is 17.1 Å². The standard InChI is InChI=1S/C33H27N7O5S3/c1-45-24-13-15-25(27(17-24)40(43)44)35-30(42)20-47-33-36-26-14-12-23(16-28(26)48-33)34-29(41)19-46-32-38-37-31(22-10-6-3-7-11-22)39(32)18-21-8-4-2-5-9-21/h2-17H,18-20H2,1H3,(H,34,41)(H,35,42). The number of nitrogens with zero attached hydrogens (tertiary/aromatic N) is 5. The van der Waals surface area contributed by atoms with Crippen molar-refractivity contribution in [2.45, 2.75) is 16.0 Å². The maximum absolute atomic E-state index is 13.0. The number of thioether (sulfide) groups is 2. The van der Waals surface area contributed by atoms with Crippen LogP contribution < -0.4 is 15.4 Å². The van der Waals surface area contributed by atoms with E-state index in [1.165, 1.54) is 60.2 Å². The van der Waals surface area contributed by atoms with Gasteiger partial charge >= 0.3 is 0 Å². The van der Waals surface area contributed by atoms with Crippen LogP contribution in [0.3, 0.4) is 0 Å². The van der Waals surface area contributed by atoms with Crippen LogP contribution in [0.5, 0.6) is 5.75 Å². The molecule has 0 bridgehead atoms. The second kappa shape index (κ2) is 15.1. The number of nitrogens with one attached hydrogen (secondary N) is 2. The van der Waals surface area contributed by atoms with Crippen molar-refractivity contribution in [2.75, 3.05) is 29.2 Å². The lowest BCUT2D eigenvalue weighted by Gasteiger charge is -2.11. The Hall–Kier alpha value is -5.25. The molecule has 0 spiro atoms. The van der Waals surface area contributed by atoms with Crippen LogP contribution in [0.15, 0.2) is 107 Å². The van der Waals surface area contributed by atoms with Crippen molar-refractivity contribution < 1.29 is 19.2 Å². The van der Waals surface area contributed by atoms with Gasteiger partial charge in [-0.2, -0.15) is 0 Å². The molecule has 48 heavy (non-hydrogen) atoms. The van der Waals surface area contributed by atoms with Gasteiger partial charge in [-0.3, -0.25) is 24.3 Å². The summed E-state index contributed by atoms with van der Waals surface area (Å²) in [6.45, 7) is 0.563. The average Bonchev–Trinajstić information content (AvgIpc) is 3.70. The smallest absolute Gasteiger partial charge is 0.296 e. The lowest BCUT2D eigenvalue weighted by Crippen LogP contribution is -2.15. The van der Waals surface area contributed by atoms with Gasteiger partial charge in [-0.25, -0.2) is 4.98 Å². The third kappa shape index (κ3) is 7.99. The molecule has 2 amide bonds.